The minimum absolute atomic E-state index is 0.346. The monoisotopic (exact) mass is 279 g/mol. The lowest BCUT2D eigenvalue weighted by molar-refractivity contribution is 0.385. The number of rotatable bonds is 5. The number of alkyl halides is 1. The van der Waals surface area contributed by atoms with Gasteiger partial charge in [0.15, 0.2) is 0 Å². The molecule has 0 fully saturated rings. The van der Waals surface area contributed by atoms with Gasteiger partial charge in [-0.15, -0.1) is 11.6 Å². The number of benzene rings is 1. The van der Waals surface area contributed by atoms with Crippen LogP contribution < -0.4 is 14.2 Å². The van der Waals surface area contributed by atoms with Gasteiger partial charge in [0.1, 0.15) is 17.2 Å². The van der Waals surface area contributed by atoms with Crippen molar-refractivity contribution in [1.82, 2.24) is 4.98 Å². The average Bonchev–Trinajstić information content (AvgIpc) is 2.47. The Labute approximate surface area is 116 Å². The zero-order chi connectivity index (χ0) is 13.7. The molecule has 5 heteroatoms. The number of nitrogens with zero attached hydrogens (tertiary/aromatic N) is 1. The molecule has 0 N–H and O–H groups in total. The number of hydrogen-bond donors (Lipinski definition) is 0. The van der Waals surface area contributed by atoms with Crippen LogP contribution in [0.3, 0.4) is 0 Å². The molecule has 4 nitrogen and oxygen atoms in total. The van der Waals surface area contributed by atoms with Crippen LogP contribution >= 0.6 is 11.6 Å². The van der Waals surface area contributed by atoms with Gasteiger partial charge in [-0.3, -0.25) is 0 Å². The first-order valence-corrected chi connectivity index (χ1v) is 6.21. The van der Waals surface area contributed by atoms with E-state index >= 15 is 0 Å². The summed E-state index contributed by atoms with van der Waals surface area (Å²) in [5.41, 5.74) is 0.758. The van der Waals surface area contributed by atoms with Gasteiger partial charge in [0.25, 0.3) is 0 Å². The smallest absolute Gasteiger partial charge is 0.219 e. The summed E-state index contributed by atoms with van der Waals surface area (Å²) in [4.78, 5) is 4.26. The minimum atomic E-state index is 0.346. The van der Waals surface area contributed by atoms with E-state index < -0.39 is 0 Å². The summed E-state index contributed by atoms with van der Waals surface area (Å²) in [6.07, 6.45) is 0. The number of ether oxygens (including phenoxy) is 3. The predicted molar refractivity (Wildman–Crippen MR) is 73.4 cm³/mol. The molecular weight excluding hydrogens is 266 g/mol. The van der Waals surface area contributed by atoms with Gasteiger partial charge in [0.2, 0.25) is 5.88 Å². The number of aromatic nitrogens is 1. The number of methoxy groups -OCH3 is 2. The van der Waals surface area contributed by atoms with Crippen molar-refractivity contribution in [3.05, 3.63) is 42.1 Å². The first kappa shape index (κ1) is 13.5. The second-order valence-electron chi connectivity index (χ2n) is 3.75. The third-order valence-corrected chi connectivity index (χ3v) is 2.74. The largest absolute Gasteiger partial charge is 0.496 e. The van der Waals surface area contributed by atoms with Gasteiger partial charge < -0.3 is 14.2 Å². The summed E-state index contributed by atoms with van der Waals surface area (Å²) < 4.78 is 16.0. The Bertz CT molecular complexity index is 538. The normalized spacial score (nSPS) is 10.1. The zero-order valence-electron chi connectivity index (χ0n) is 10.7. The molecule has 1 heterocycles. The SMILES string of the molecule is COc1cc(OC)cc(Oc2cccc(CCl)n2)c1. The molecule has 0 aliphatic carbocycles. The molecular formula is C14H14ClNO3. The number of pyridine rings is 1. The standard InChI is InChI=1S/C14H14ClNO3/c1-17-11-6-12(18-2)8-13(7-11)19-14-5-3-4-10(9-15)16-14/h3-8H,9H2,1-2H3. The van der Waals surface area contributed by atoms with E-state index in [2.05, 4.69) is 4.98 Å². The summed E-state index contributed by atoms with van der Waals surface area (Å²) in [6.45, 7) is 0. The molecule has 0 aliphatic rings. The molecule has 0 atom stereocenters. The van der Waals surface area contributed by atoms with E-state index in [4.69, 9.17) is 25.8 Å². The molecule has 1 aromatic carbocycles. The van der Waals surface area contributed by atoms with Crippen molar-refractivity contribution < 1.29 is 14.2 Å². The Morgan fingerprint density at radius 1 is 1.00 bits per heavy atom. The summed E-state index contributed by atoms with van der Waals surface area (Å²) in [6, 6.07) is 10.7. The molecule has 0 spiro atoms. The topological polar surface area (TPSA) is 40.6 Å². The molecule has 2 rings (SSSR count). The van der Waals surface area contributed by atoms with E-state index in [0.717, 1.165) is 5.69 Å². The van der Waals surface area contributed by atoms with E-state index in [1.165, 1.54) is 0 Å². The molecule has 0 unspecified atom stereocenters. The predicted octanol–water partition coefficient (Wildman–Crippen LogP) is 3.63. The van der Waals surface area contributed by atoms with Crippen LogP contribution in [0.15, 0.2) is 36.4 Å². The van der Waals surface area contributed by atoms with Crippen molar-refractivity contribution >= 4 is 11.6 Å². The highest BCUT2D eigenvalue weighted by Gasteiger charge is 2.05. The summed E-state index contributed by atoms with van der Waals surface area (Å²) >= 11 is 5.74. The van der Waals surface area contributed by atoms with Gasteiger partial charge in [-0.2, -0.15) is 0 Å². The van der Waals surface area contributed by atoms with Gasteiger partial charge in [-0.1, -0.05) is 6.07 Å². The highest BCUT2D eigenvalue weighted by molar-refractivity contribution is 6.16. The third-order valence-electron chi connectivity index (χ3n) is 2.47. The number of hydrogen-bond acceptors (Lipinski definition) is 4. The molecule has 0 bridgehead atoms. The molecule has 0 saturated carbocycles. The minimum Gasteiger partial charge on any atom is -0.496 e. The van der Waals surface area contributed by atoms with Crippen LogP contribution in [0.4, 0.5) is 0 Å². The fourth-order valence-corrected chi connectivity index (χ4v) is 1.70. The Balaban J connectivity index is 2.26. The molecule has 19 heavy (non-hydrogen) atoms. The number of halogens is 1. The quantitative estimate of drug-likeness (QED) is 0.784. The van der Waals surface area contributed by atoms with Crippen LogP contribution in [-0.4, -0.2) is 19.2 Å². The van der Waals surface area contributed by atoms with Crippen LogP contribution in [0, 0.1) is 0 Å². The van der Waals surface area contributed by atoms with E-state index in [-0.39, 0.29) is 0 Å². The lowest BCUT2D eigenvalue weighted by atomic mass is 10.3. The Morgan fingerprint density at radius 3 is 2.21 bits per heavy atom. The summed E-state index contributed by atoms with van der Waals surface area (Å²) in [7, 11) is 3.18. The lowest BCUT2D eigenvalue weighted by Gasteiger charge is -2.09. The Morgan fingerprint density at radius 2 is 1.63 bits per heavy atom. The van der Waals surface area contributed by atoms with Gasteiger partial charge in [0, 0.05) is 24.3 Å². The average molecular weight is 280 g/mol. The van der Waals surface area contributed by atoms with Crippen molar-refractivity contribution in [3.63, 3.8) is 0 Å². The van der Waals surface area contributed by atoms with E-state index in [1.54, 1.807) is 38.5 Å². The van der Waals surface area contributed by atoms with Gasteiger partial charge >= 0.3 is 0 Å². The van der Waals surface area contributed by atoms with Gasteiger partial charge in [0.05, 0.1) is 25.8 Å². The maximum absolute atomic E-state index is 5.74. The van der Waals surface area contributed by atoms with Crippen molar-refractivity contribution in [1.29, 1.82) is 0 Å². The zero-order valence-corrected chi connectivity index (χ0v) is 11.5. The fourth-order valence-electron chi connectivity index (χ4n) is 1.55. The summed E-state index contributed by atoms with van der Waals surface area (Å²) in [5.74, 6) is 2.73. The highest BCUT2D eigenvalue weighted by atomic mass is 35.5. The molecule has 2 aromatic rings. The maximum Gasteiger partial charge on any atom is 0.219 e. The lowest BCUT2D eigenvalue weighted by Crippen LogP contribution is -1.93. The highest BCUT2D eigenvalue weighted by Crippen LogP contribution is 2.30. The van der Waals surface area contributed by atoms with Gasteiger partial charge in [-0.25, -0.2) is 4.98 Å². The molecule has 0 radical (unpaired) electrons. The first-order valence-electron chi connectivity index (χ1n) is 5.68. The van der Waals surface area contributed by atoms with Crippen molar-refractivity contribution in [3.8, 4) is 23.1 Å². The van der Waals surface area contributed by atoms with E-state index in [0.29, 0.717) is 29.0 Å². The van der Waals surface area contributed by atoms with Crippen LogP contribution in [0.1, 0.15) is 5.69 Å². The molecule has 0 aliphatic heterocycles. The van der Waals surface area contributed by atoms with E-state index in [1.807, 2.05) is 12.1 Å². The van der Waals surface area contributed by atoms with Crippen LogP contribution in [0.25, 0.3) is 0 Å². The van der Waals surface area contributed by atoms with E-state index in [9.17, 15) is 0 Å². The Hall–Kier alpha value is -1.94. The molecule has 1 aromatic heterocycles. The molecule has 0 saturated heterocycles. The molecule has 100 valence electrons. The van der Waals surface area contributed by atoms with Crippen molar-refractivity contribution in [2.75, 3.05) is 14.2 Å². The fraction of sp³-hybridized carbons (Fsp3) is 0.214. The molecule has 0 amide bonds. The maximum atomic E-state index is 5.74. The first-order chi connectivity index (χ1) is 9.25. The van der Waals surface area contributed by atoms with Crippen molar-refractivity contribution in [2.24, 2.45) is 0 Å². The second-order valence-corrected chi connectivity index (χ2v) is 4.02. The third kappa shape index (κ3) is 3.51. The van der Waals surface area contributed by atoms with Gasteiger partial charge in [-0.05, 0) is 6.07 Å². The Kier molecular flexibility index (Phi) is 4.47. The van der Waals surface area contributed by atoms with Crippen LogP contribution in [0.5, 0.6) is 23.1 Å². The van der Waals surface area contributed by atoms with Crippen LogP contribution in [-0.2, 0) is 5.88 Å². The summed E-state index contributed by atoms with van der Waals surface area (Å²) in [5, 5.41) is 0. The van der Waals surface area contributed by atoms with Crippen molar-refractivity contribution in [2.45, 2.75) is 5.88 Å². The van der Waals surface area contributed by atoms with Crippen LogP contribution in [0.2, 0.25) is 0 Å². The second kappa shape index (κ2) is 6.29.